The second kappa shape index (κ2) is 6.23. The van der Waals surface area contributed by atoms with Crippen molar-refractivity contribution in [1.29, 1.82) is 0 Å². The van der Waals surface area contributed by atoms with Gasteiger partial charge >= 0.3 is 0 Å². The third-order valence-corrected chi connectivity index (χ3v) is 4.61. The lowest BCUT2D eigenvalue weighted by atomic mass is 10.1. The zero-order valence-electron chi connectivity index (χ0n) is 12.1. The minimum Gasteiger partial charge on any atom is -0.339 e. The average molecular weight is 331 g/mol. The summed E-state index contributed by atoms with van der Waals surface area (Å²) in [6.45, 7) is 0. The molecular formula is C14H19ClN2O3S. The molecule has 0 spiro atoms. The maximum Gasteiger partial charge on any atom is 0.253 e. The van der Waals surface area contributed by atoms with Crippen LogP contribution in [0.15, 0.2) is 18.2 Å². The number of carbonyl (C=O) groups is 1. The Hall–Kier alpha value is -1.27. The monoisotopic (exact) mass is 330 g/mol. The fourth-order valence-corrected chi connectivity index (χ4v) is 3.45. The Morgan fingerprint density at radius 3 is 2.48 bits per heavy atom. The zero-order valence-corrected chi connectivity index (χ0v) is 13.7. The summed E-state index contributed by atoms with van der Waals surface area (Å²) in [5.74, 6) is -0.0882. The molecule has 0 radical (unpaired) electrons. The number of hydrogen-bond donors (Lipinski definition) is 1. The van der Waals surface area contributed by atoms with Gasteiger partial charge < -0.3 is 4.90 Å². The van der Waals surface area contributed by atoms with Crippen LogP contribution in [-0.4, -0.2) is 38.6 Å². The molecule has 2 rings (SSSR count). The van der Waals surface area contributed by atoms with Crippen LogP contribution in [-0.2, 0) is 10.0 Å². The van der Waals surface area contributed by atoms with Gasteiger partial charge in [-0.15, -0.1) is 0 Å². The van der Waals surface area contributed by atoms with Crippen LogP contribution in [0.3, 0.4) is 0 Å². The molecular weight excluding hydrogens is 312 g/mol. The van der Waals surface area contributed by atoms with Crippen LogP contribution in [0.5, 0.6) is 0 Å². The number of benzene rings is 1. The second-order valence-corrected chi connectivity index (χ2v) is 7.58. The Labute approximate surface area is 130 Å². The fourth-order valence-electron chi connectivity index (χ4n) is 2.59. The van der Waals surface area contributed by atoms with Crippen LogP contribution in [0.1, 0.15) is 36.0 Å². The molecule has 0 atom stereocenters. The van der Waals surface area contributed by atoms with Gasteiger partial charge in [0.1, 0.15) is 0 Å². The van der Waals surface area contributed by atoms with E-state index in [-0.39, 0.29) is 22.7 Å². The Kier molecular flexibility index (Phi) is 4.78. The van der Waals surface area contributed by atoms with Crippen molar-refractivity contribution in [2.75, 3.05) is 18.0 Å². The first-order valence-electron chi connectivity index (χ1n) is 6.82. The molecule has 0 aliphatic heterocycles. The van der Waals surface area contributed by atoms with Gasteiger partial charge in [0.15, 0.2) is 0 Å². The predicted octanol–water partition coefficient (Wildman–Crippen LogP) is 2.73. The van der Waals surface area contributed by atoms with Gasteiger partial charge in [0, 0.05) is 18.7 Å². The maximum atomic E-state index is 12.4. The smallest absolute Gasteiger partial charge is 0.253 e. The Morgan fingerprint density at radius 2 is 1.95 bits per heavy atom. The molecule has 0 heterocycles. The highest BCUT2D eigenvalue weighted by Gasteiger charge is 2.24. The molecule has 1 saturated carbocycles. The highest BCUT2D eigenvalue weighted by atomic mass is 35.5. The van der Waals surface area contributed by atoms with Crippen LogP contribution in [0.2, 0.25) is 5.02 Å². The first kappa shape index (κ1) is 16.1. The molecule has 1 amide bonds. The molecule has 1 aromatic carbocycles. The predicted molar refractivity (Wildman–Crippen MR) is 84.3 cm³/mol. The number of sulfonamides is 1. The topological polar surface area (TPSA) is 66.5 Å². The minimum absolute atomic E-state index is 0.0882. The van der Waals surface area contributed by atoms with Gasteiger partial charge in [0.05, 0.1) is 17.0 Å². The first-order valence-corrected chi connectivity index (χ1v) is 9.09. The quantitative estimate of drug-likeness (QED) is 0.923. The molecule has 1 aliphatic rings. The van der Waals surface area contributed by atoms with Crippen molar-refractivity contribution in [1.82, 2.24) is 4.90 Å². The van der Waals surface area contributed by atoms with Crippen LogP contribution in [0, 0.1) is 0 Å². The van der Waals surface area contributed by atoms with Gasteiger partial charge in [-0.3, -0.25) is 9.52 Å². The summed E-state index contributed by atoms with van der Waals surface area (Å²) in [6.07, 6.45) is 5.42. The summed E-state index contributed by atoms with van der Waals surface area (Å²) in [5, 5.41) is 0.214. The largest absolute Gasteiger partial charge is 0.339 e. The van der Waals surface area contributed by atoms with E-state index in [1.54, 1.807) is 18.0 Å². The lowest BCUT2D eigenvalue weighted by Gasteiger charge is -2.24. The summed E-state index contributed by atoms with van der Waals surface area (Å²) in [6, 6.07) is 4.89. The van der Waals surface area contributed by atoms with Crippen molar-refractivity contribution in [3.8, 4) is 0 Å². The summed E-state index contributed by atoms with van der Waals surface area (Å²) >= 11 is 6.05. The molecule has 0 saturated heterocycles. The molecule has 1 fully saturated rings. The van der Waals surface area contributed by atoms with E-state index in [4.69, 9.17) is 11.6 Å². The minimum atomic E-state index is -3.39. The third kappa shape index (κ3) is 4.11. The first-order chi connectivity index (χ1) is 9.78. The number of halogens is 1. The number of carbonyl (C=O) groups excluding carboxylic acids is 1. The summed E-state index contributed by atoms with van der Waals surface area (Å²) < 4.78 is 24.7. The Balaban J connectivity index is 2.17. The van der Waals surface area contributed by atoms with Crippen LogP contribution >= 0.6 is 11.6 Å². The van der Waals surface area contributed by atoms with E-state index in [1.165, 1.54) is 12.1 Å². The summed E-state index contributed by atoms with van der Waals surface area (Å²) in [7, 11) is -1.59. The van der Waals surface area contributed by atoms with Gasteiger partial charge in [0.2, 0.25) is 10.0 Å². The van der Waals surface area contributed by atoms with Crippen LogP contribution in [0.4, 0.5) is 5.69 Å². The van der Waals surface area contributed by atoms with Gasteiger partial charge in [-0.1, -0.05) is 24.4 Å². The van der Waals surface area contributed by atoms with Gasteiger partial charge in [-0.25, -0.2) is 8.42 Å². The number of anilines is 1. The van der Waals surface area contributed by atoms with Crippen LogP contribution in [0.25, 0.3) is 0 Å². The Bertz CT molecular complexity index is 640. The van der Waals surface area contributed by atoms with Crippen molar-refractivity contribution >= 4 is 33.2 Å². The Morgan fingerprint density at radius 1 is 1.33 bits per heavy atom. The molecule has 7 heteroatoms. The molecule has 1 N–H and O–H groups in total. The van der Waals surface area contributed by atoms with Crippen molar-refractivity contribution in [3.63, 3.8) is 0 Å². The molecule has 0 aromatic heterocycles. The summed E-state index contributed by atoms with van der Waals surface area (Å²) in [5.41, 5.74) is 0.743. The van der Waals surface area contributed by atoms with E-state index in [9.17, 15) is 13.2 Å². The van der Waals surface area contributed by atoms with Crippen molar-refractivity contribution < 1.29 is 13.2 Å². The third-order valence-electron chi connectivity index (χ3n) is 3.70. The lowest BCUT2D eigenvalue weighted by Crippen LogP contribution is -2.35. The van der Waals surface area contributed by atoms with Crippen LogP contribution < -0.4 is 4.72 Å². The van der Waals surface area contributed by atoms with E-state index in [0.29, 0.717) is 5.56 Å². The number of nitrogens with one attached hydrogen (secondary N) is 1. The van der Waals surface area contributed by atoms with Gasteiger partial charge in [0.25, 0.3) is 5.91 Å². The SMILES string of the molecule is CN(C(=O)c1ccc(NS(C)(=O)=O)c(Cl)c1)C1CCCC1. The lowest BCUT2D eigenvalue weighted by molar-refractivity contribution is 0.0735. The van der Waals surface area contributed by atoms with Crippen molar-refractivity contribution in [2.24, 2.45) is 0 Å². The zero-order chi connectivity index (χ0) is 15.6. The molecule has 0 unspecified atom stereocenters. The number of rotatable bonds is 4. The normalized spacial score (nSPS) is 16.0. The van der Waals surface area contributed by atoms with E-state index in [0.717, 1.165) is 31.9 Å². The van der Waals surface area contributed by atoms with E-state index in [2.05, 4.69) is 4.72 Å². The summed E-state index contributed by atoms with van der Waals surface area (Å²) in [4.78, 5) is 14.2. The number of hydrogen-bond acceptors (Lipinski definition) is 3. The molecule has 1 aromatic rings. The van der Waals surface area contributed by atoms with Crippen molar-refractivity contribution in [2.45, 2.75) is 31.7 Å². The average Bonchev–Trinajstić information content (AvgIpc) is 2.92. The number of nitrogens with zero attached hydrogens (tertiary/aromatic N) is 1. The fraction of sp³-hybridized carbons (Fsp3) is 0.500. The maximum absolute atomic E-state index is 12.4. The standard InChI is InChI=1S/C14H19ClN2O3S/c1-17(11-5-3-4-6-11)14(18)10-7-8-13(12(15)9-10)16-21(2,19)20/h7-9,11,16H,3-6H2,1-2H3. The highest BCUT2D eigenvalue weighted by Crippen LogP contribution is 2.27. The molecule has 116 valence electrons. The van der Waals surface area contributed by atoms with E-state index < -0.39 is 10.0 Å². The van der Waals surface area contributed by atoms with E-state index >= 15 is 0 Å². The number of amides is 1. The molecule has 5 nitrogen and oxygen atoms in total. The second-order valence-electron chi connectivity index (χ2n) is 5.42. The van der Waals surface area contributed by atoms with E-state index in [1.807, 2.05) is 0 Å². The van der Waals surface area contributed by atoms with Crippen molar-refractivity contribution in [3.05, 3.63) is 28.8 Å². The van der Waals surface area contributed by atoms with Gasteiger partial charge in [-0.2, -0.15) is 0 Å². The molecule has 0 bridgehead atoms. The highest BCUT2D eigenvalue weighted by molar-refractivity contribution is 7.92. The van der Waals surface area contributed by atoms with Gasteiger partial charge in [-0.05, 0) is 31.0 Å². The molecule has 21 heavy (non-hydrogen) atoms. The molecule has 1 aliphatic carbocycles.